The van der Waals surface area contributed by atoms with Gasteiger partial charge in [-0.05, 0) is 18.6 Å². The van der Waals surface area contributed by atoms with E-state index < -0.39 is 0 Å². The summed E-state index contributed by atoms with van der Waals surface area (Å²) >= 11 is 0. The van der Waals surface area contributed by atoms with Gasteiger partial charge < -0.3 is 5.32 Å². The first-order valence-electron chi connectivity index (χ1n) is 6.94. The highest BCUT2D eigenvalue weighted by atomic mass is 15.3. The summed E-state index contributed by atoms with van der Waals surface area (Å²) in [6.07, 6.45) is 2.85. The molecule has 0 amide bonds. The maximum atomic E-state index is 9.22. The number of hydrogen-bond donors (Lipinski definition) is 1. The third-order valence-electron chi connectivity index (χ3n) is 3.55. The Balaban J connectivity index is 2.11. The van der Waals surface area contributed by atoms with E-state index in [0.29, 0.717) is 5.56 Å². The van der Waals surface area contributed by atoms with E-state index in [1.54, 1.807) is 0 Å². The first-order chi connectivity index (χ1) is 10.2. The highest BCUT2D eigenvalue weighted by Gasteiger charge is 2.09. The number of aryl methyl sites for hydroxylation is 2. The van der Waals surface area contributed by atoms with Crippen molar-refractivity contribution in [2.75, 3.05) is 5.32 Å². The average molecular weight is 276 g/mol. The van der Waals surface area contributed by atoms with Gasteiger partial charge in [-0.2, -0.15) is 10.4 Å². The van der Waals surface area contributed by atoms with Crippen LogP contribution in [-0.4, -0.2) is 9.78 Å². The molecule has 1 aromatic heterocycles. The van der Waals surface area contributed by atoms with Crippen molar-refractivity contribution in [3.8, 4) is 6.07 Å². The minimum Gasteiger partial charge on any atom is -0.352 e. The third-order valence-corrected chi connectivity index (χ3v) is 3.55. The smallest absolute Gasteiger partial charge is 0.0998 e. The van der Waals surface area contributed by atoms with Crippen molar-refractivity contribution in [2.45, 2.75) is 13.3 Å². The fraction of sp³-hybridized carbons (Fsp3) is 0.176. The lowest BCUT2D eigenvalue weighted by Gasteiger charge is -2.10. The topological polar surface area (TPSA) is 53.6 Å². The molecule has 0 saturated carbocycles. The predicted octanol–water partition coefficient (Wildman–Crippen LogP) is 3.75. The van der Waals surface area contributed by atoms with Gasteiger partial charge in [0.2, 0.25) is 0 Å². The van der Waals surface area contributed by atoms with Crippen molar-refractivity contribution in [2.24, 2.45) is 7.05 Å². The number of nitriles is 1. The van der Waals surface area contributed by atoms with Crippen LogP contribution in [0.2, 0.25) is 0 Å². The molecule has 21 heavy (non-hydrogen) atoms. The summed E-state index contributed by atoms with van der Waals surface area (Å²) in [6.45, 7) is 2.09. The number of rotatable bonds is 3. The van der Waals surface area contributed by atoms with Crippen molar-refractivity contribution in [3.63, 3.8) is 0 Å². The Hall–Kier alpha value is -2.80. The maximum Gasteiger partial charge on any atom is 0.0998 e. The van der Waals surface area contributed by atoms with Gasteiger partial charge in [0.15, 0.2) is 0 Å². The monoisotopic (exact) mass is 276 g/mol. The molecule has 1 heterocycles. The summed E-state index contributed by atoms with van der Waals surface area (Å²) in [5.74, 6) is 0. The van der Waals surface area contributed by atoms with Crippen LogP contribution in [0.4, 0.5) is 11.4 Å². The van der Waals surface area contributed by atoms with Gasteiger partial charge in [-0.1, -0.05) is 31.2 Å². The van der Waals surface area contributed by atoms with Crippen molar-refractivity contribution < 1.29 is 0 Å². The molecule has 2 aromatic carbocycles. The molecule has 0 spiro atoms. The van der Waals surface area contributed by atoms with Crippen molar-refractivity contribution in [1.82, 2.24) is 9.78 Å². The number of anilines is 2. The molecule has 4 nitrogen and oxygen atoms in total. The molecule has 0 bridgehead atoms. The molecular weight excluding hydrogens is 260 g/mol. The Labute approximate surface area is 123 Å². The van der Waals surface area contributed by atoms with Crippen molar-refractivity contribution in [3.05, 3.63) is 53.9 Å². The zero-order chi connectivity index (χ0) is 14.8. The van der Waals surface area contributed by atoms with Crippen LogP contribution in [0, 0.1) is 11.3 Å². The molecule has 3 aromatic rings. The van der Waals surface area contributed by atoms with Gasteiger partial charge >= 0.3 is 0 Å². The summed E-state index contributed by atoms with van der Waals surface area (Å²) < 4.78 is 1.81. The standard InChI is InChI=1S/C17H16N4/c1-3-15-17(11-21(2)20-15)19-16-9-8-12(10-18)13-6-4-5-7-14(13)16/h4-9,11,19H,3H2,1-2H3. The minimum atomic E-state index is 0.693. The van der Waals surface area contributed by atoms with Gasteiger partial charge in [0, 0.05) is 29.7 Å². The zero-order valence-corrected chi connectivity index (χ0v) is 12.1. The lowest BCUT2D eigenvalue weighted by atomic mass is 10.0. The molecule has 0 aliphatic rings. The highest BCUT2D eigenvalue weighted by Crippen LogP contribution is 2.29. The van der Waals surface area contributed by atoms with Crippen LogP contribution >= 0.6 is 0 Å². The molecule has 104 valence electrons. The van der Waals surface area contributed by atoms with Gasteiger partial charge in [-0.25, -0.2) is 0 Å². The molecule has 0 radical (unpaired) electrons. The van der Waals surface area contributed by atoms with E-state index in [9.17, 15) is 5.26 Å². The summed E-state index contributed by atoms with van der Waals surface area (Å²) in [7, 11) is 1.92. The van der Waals surface area contributed by atoms with Gasteiger partial charge in [0.1, 0.15) is 0 Å². The predicted molar refractivity (Wildman–Crippen MR) is 84.5 cm³/mol. The second-order valence-corrected chi connectivity index (χ2v) is 4.96. The number of benzene rings is 2. The van der Waals surface area contributed by atoms with Crippen LogP contribution in [0.15, 0.2) is 42.6 Å². The number of fused-ring (bicyclic) bond motifs is 1. The van der Waals surface area contributed by atoms with E-state index in [0.717, 1.165) is 34.3 Å². The summed E-state index contributed by atoms with van der Waals surface area (Å²) in [5.41, 5.74) is 3.73. The molecule has 0 unspecified atom stereocenters. The Kier molecular flexibility index (Phi) is 3.33. The Morgan fingerprint density at radius 3 is 2.62 bits per heavy atom. The number of aromatic nitrogens is 2. The van der Waals surface area contributed by atoms with Crippen LogP contribution in [0.25, 0.3) is 10.8 Å². The first-order valence-corrected chi connectivity index (χ1v) is 6.94. The lowest BCUT2D eigenvalue weighted by molar-refractivity contribution is 0.746. The van der Waals surface area contributed by atoms with Gasteiger partial charge in [0.05, 0.1) is 23.0 Å². The molecule has 0 fully saturated rings. The number of nitrogens with one attached hydrogen (secondary N) is 1. The Bertz CT molecular complexity index is 840. The largest absolute Gasteiger partial charge is 0.352 e. The highest BCUT2D eigenvalue weighted by molar-refractivity contribution is 5.98. The SMILES string of the molecule is CCc1nn(C)cc1Nc1ccc(C#N)c2ccccc12. The van der Waals surface area contributed by atoms with Gasteiger partial charge in [-0.3, -0.25) is 4.68 Å². The lowest BCUT2D eigenvalue weighted by Crippen LogP contribution is -1.95. The molecule has 3 rings (SSSR count). The van der Waals surface area contributed by atoms with Crippen LogP contribution in [0.3, 0.4) is 0 Å². The third kappa shape index (κ3) is 2.34. The van der Waals surface area contributed by atoms with Gasteiger partial charge in [-0.15, -0.1) is 0 Å². The van der Waals surface area contributed by atoms with Crippen molar-refractivity contribution in [1.29, 1.82) is 5.26 Å². The van der Waals surface area contributed by atoms with E-state index in [-0.39, 0.29) is 0 Å². The molecule has 0 aliphatic carbocycles. The van der Waals surface area contributed by atoms with Crippen LogP contribution in [0.5, 0.6) is 0 Å². The zero-order valence-electron chi connectivity index (χ0n) is 12.1. The fourth-order valence-corrected chi connectivity index (χ4v) is 2.55. The van der Waals surface area contributed by atoms with Crippen LogP contribution < -0.4 is 5.32 Å². The quantitative estimate of drug-likeness (QED) is 0.792. The van der Waals surface area contributed by atoms with Crippen LogP contribution in [-0.2, 0) is 13.5 Å². The van der Waals surface area contributed by atoms with Crippen LogP contribution in [0.1, 0.15) is 18.2 Å². The average Bonchev–Trinajstić information content (AvgIpc) is 2.87. The van der Waals surface area contributed by atoms with Crippen molar-refractivity contribution >= 4 is 22.1 Å². The summed E-state index contributed by atoms with van der Waals surface area (Å²) in [5, 5.41) is 19.1. The molecule has 0 atom stereocenters. The second kappa shape index (κ2) is 5.29. The van der Waals surface area contributed by atoms with E-state index in [1.807, 2.05) is 54.3 Å². The number of hydrogen-bond acceptors (Lipinski definition) is 3. The van der Waals surface area contributed by atoms with Gasteiger partial charge in [0.25, 0.3) is 0 Å². The maximum absolute atomic E-state index is 9.22. The molecule has 1 N–H and O–H groups in total. The minimum absolute atomic E-state index is 0.693. The second-order valence-electron chi connectivity index (χ2n) is 4.96. The fourth-order valence-electron chi connectivity index (χ4n) is 2.55. The normalized spacial score (nSPS) is 10.5. The molecule has 0 saturated heterocycles. The summed E-state index contributed by atoms with van der Waals surface area (Å²) in [6, 6.07) is 14.0. The first kappa shape index (κ1) is 13.2. The van der Waals surface area contributed by atoms with E-state index >= 15 is 0 Å². The van der Waals surface area contributed by atoms with E-state index in [4.69, 9.17) is 0 Å². The molecular formula is C17H16N4. The summed E-state index contributed by atoms with van der Waals surface area (Å²) in [4.78, 5) is 0. The molecule has 4 heteroatoms. The Morgan fingerprint density at radius 1 is 1.14 bits per heavy atom. The Morgan fingerprint density at radius 2 is 1.90 bits per heavy atom. The number of nitrogens with zero attached hydrogens (tertiary/aromatic N) is 3. The molecule has 0 aliphatic heterocycles. The van der Waals surface area contributed by atoms with E-state index in [2.05, 4.69) is 23.4 Å². The van der Waals surface area contributed by atoms with E-state index in [1.165, 1.54) is 0 Å².